The van der Waals surface area contributed by atoms with Gasteiger partial charge in [-0.2, -0.15) is 10.1 Å². The molecule has 1 aromatic carbocycles. The van der Waals surface area contributed by atoms with E-state index < -0.39 is 5.97 Å². The monoisotopic (exact) mass is 390 g/mol. The van der Waals surface area contributed by atoms with Crippen molar-refractivity contribution in [2.45, 2.75) is 6.42 Å². The zero-order valence-corrected chi connectivity index (χ0v) is 15.6. The van der Waals surface area contributed by atoms with Crippen molar-refractivity contribution in [3.05, 3.63) is 59.9 Å². The fourth-order valence-corrected chi connectivity index (χ4v) is 4.61. The quantitative estimate of drug-likeness (QED) is 0.347. The van der Waals surface area contributed by atoms with Gasteiger partial charge in [0.15, 0.2) is 0 Å². The molecule has 2 heterocycles. The molecule has 0 spiro atoms. The predicted octanol–water partition coefficient (Wildman–Crippen LogP) is 2.87. The Labute approximate surface area is 166 Å². The summed E-state index contributed by atoms with van der Waals surface area (Å²) in [5.41, 5.74) is 1.12. The third-order valence-corrected chi connectivity index (χ3v) is 5.94. The SMILES string of the molecule is COC(=O)c1cccc(-c2ccc(/C=N\N3C(=O)[C@@H]4[C@H](C3=O)[C@@H]3C=C[C@H]4C3)o2)c1. The third-order valence-electron chi connectivity index (χ3n) is 5.94. The van der Waals surface area contributed by atoms with E-state index in [-0.39, 0.29) is 35.5 Å². The molecule has 7 nitrogen and oxygen atoms in total. The van der Waals surface area contributed by atoms with Gasteiger partial charge in [-0.15, -0.1) is 0 Å². The molecule has 1 aromatic heterocycles. The molecule has 2 fully saturated rings. The fraction of sp³-hybridized carbons (Fsp3) is 0.273. The first-order valence-electron chi connectivity index (χ1n) is 9.45. The van der Waals surface area contributed by atoms with E-state index in [1.165, 1.54) is 13.3 Å². The average molecular weight is 390 g/mol. The van der Waals surface area contributed by atoms with E-state index in [1.54, 1.807) is 30.3 Å². The molecule has 5 rings (SSSR count). The topological polar surface area (TPSA) is 89.2 Å². The van der Waals surface area contributed by atoms with E-state index >= 15 is 0 Å². The fourth-order valence-electron chi connectivity index (χ4n) is 4.61. The molecule has 0 unspecified atom stereocenters. The second-order valence-corrected chi connectivity index (χ2v) is 7.51. The number of hydrogen-bond donors (Lipinski definition) is 0. The second-order valence-electron chi connectivity index (χ2n) is 7.51. The van der Waals surface area contributed by atoms with E-state index in [2.05, 4.69) is 5.10 Å². The molecular weight excluding hydrogens is 372 g/mol. The summed E-state index contributed by atoms with van der Waals surface area (Å²) in [6.07, 6.45) is 6.35. The van der Waals surface area contributed by atoms with Crippen LogP contribution in [0.15, 0.2) is 58.1 Å². The lowest BCUT2D eigenvalue weighted by Crippen LogP contribution is -2.28. The lowest BCUT2D eigenvalue weighted by molar-refractivity contribution is -0.140. The van der Waals surface area contributed by atoms with E-state index in [9.17, 15) is 14.4 Å². The van der Waals surface area contributed by atoms with Crippen LogP contribution < -0.4 is 0 Å². The normalized spacial score (nSPS) is 27.3. The Morgan fingerprint density at radius 2 is 1.86 bits per heavy atom. The van der Waals surface area contributed by atoms with Crippen LogP contribution in [0.2, 0.25) is 0 Å². The number of ether oxygens (including phenoxy) is 1. The minimum absolute atomic E-state index is 0.152. The Hall–Kier alpha value is -3.48. The van der Waals surface area contributed by atoms with E-state index in [0.29, 0.717) is 22.6 Å². The molecule has 3 aliphatic rings. The summed E-state index contributed by atoms with van der Waals surface area (Å²) in [7, 11) is 1.33. The van der Waals surface area contributed by atoms with E-state index in [1.807, 2.05) is 18.2 Å². The number of amides is 2. The highest BCUT2D eigenvalue weighted by atomic mass is 16.5. The summed E-state index contributed by atoms with van der Waals surface area (Å²) in [6, 6.07) is 10.3. The van der Waals surface area contributed by atoms with Crippen LogP contribution in [0.3, 0.4) is 0 Å². The van der Waals surface area contributed by atoms with Gasteiger partial charge in [0.25, 0.3) is 11.8 Å². The van der Waals surface area contributed by atoms with Crippen LogP contribution in [0.5, 0.6) is 0 Å². The van der Waals surface area contributed by atoms with Crippen molar-refractivity contribution in [1.82, 2.24) is 5.01 Å². The zero-order valence-electron chi connectivity index (χ0n) is 15.6. The van der Waals surface area contributed by atoms with Gasteiger partial charge in [-0.3, -0.25) is 9.59 Å². The number of furan rings is 1. The average Bonchev–Trinajstić information content (AvgIpc) is 3.51. The Morgan fingerprint density at radius 1 is 1.14 bits per heavy atom. The molecule has 2 amide bonds. The molecule has 1 saturated heterocycles. The Bertz CT molecular complexity index is 1050. The zero-order chi connectivity index (χ0) is 20.1. The van der Waals surface area contributed by atoms with Gasteiger partial charge in [-0.25, -0.2) is 4.79 Å². The molecule has 1 saturated carbocycles. The van der Waals surface area contributed by atoms with Gasteiger partial charge in [-0.05, 0) is 42.5 Å². The van der Waals surface area contributed by atoms with Gasteiger partial charge in [0.1, 0.15) is 11.5 Å². The minimum Gasteiger partial charge on any atom is -0.465 e. The molecule has 2 aliphatic carbocycles. The highest BCUT2D eigenvalue weighted by Crippen LogP contribution is 2.52. The van der Waals surface area contributed by atoms with Gasteiger partial charge >= 0.3 is 5.97 Å². The molecule has 2 bridgehead atoms. The van der Waals surface area contributed by atoms with Crippen molar-refractivity contribution in [2.24, 2.45) is 28.8 Å². The number of hydrazone groups is 1. The molecule has 146 valence electrons. The first-order valence-corrected chi connectivity index (χ1v) is 9.45. The number of imide groups is 1. The summed E-state index contributed by atoms with van der Waals surface area (Å²) < 4.78 is 10.5. The smallest absolute Gasteiger partial charge is 0.337 e. The van der Waals surface area contributed by atoms with Crippen LogP contribution in [0.25, 0.3) is 11.3 Å². The van der Waals surface area contributed by atoms with Crippen molar-refractivity contribution in [1.29, 1.82) is 0 Å². The van der Waals surface area contributed by atoms with Gasteiger partial charge in [0.05, 0.1) is 30.7 Å². The molecule has 4 atom stereocenters. The van der Waals surface area contributed by atoms with Gasteiger partial charge in [0.2, 0.25) is 0 Å². The van der Waals surface area contributed by atoms with Crippen LogP contribution in [-0.2, 0) is 14.3 Å². The van der Waals surface area contributed by atoms with Crippen LogP contribution in [0.4, 0.5) is 0 Å². The lowest BCUT2D eigenvalue weighted by Gasteiger charge is -2.13. The molecular formula is C22H18N2O5. The predicted molar refractivity (Wildman–Crippen MR) is 103 cm³/mol. The molecule has 0 N–H and O–H groups in total. The number of fused-ring (bicyclic) bond motifs is 5. The number of benzene rings is 1. The van der Waals surface area contributed by atoms with Gasteiger partial charge < -0.3 is 9.15 Å². The first-order chi connectivity index (χ1) is 14.1. The Morgan fingerprint density at radius 3 is 2.55 bits per heavy atom. The minimum atomic E-state index is -0.430. The van der Waals surface area contributed by atoms with Crippen LogP contribution in [0, 0.1) is 23.7 Å². The highest BCUT2D eigenvalue weighted by Gasteiger charge is 2.59. The standard InChI is InChI=1S/C22H18N2O5/c1-28-22(27)15-4-2-3-12(9-15)17-8-7-16(29-17)11-23-24-20(25)18-13-5-6-14(10-13)19(18)21(24)26/h2-9,11,13-14,18-19H,10H2,1H3/b23-11-/t13-,14+,18-,19+. The van der Waals surface area contributed by atoms with E-state index in [4.69, 9.17) is 9.15 Å². The van der Waals surface area contributed by atoms with Crippen LogP contribution in [-0.4, -0.2) is 36.1 Å². The third kappa shape index (κ3) is 2.73. The second kappa shape index (κ2) is 6.55. The number of nitrogens with zero attached hydrogens (tertiary/aromatic N) is 2. The van der Waals surface area contributed by atoms with Crippen molar-refractivity contribution >= 4 is 24.0 Å². The van der Waals surface area contributed by atoms with Gasteiger partial charge in [0, 0.05) is 5.56 Å². The molecule has 1 aliphatic heterocycles. The summed E-state index contributed by atoms with van der Waals surface area (Å²) in [6.45, 7) is 0. The number of carbonyl (C=O) groups is 3. The van der Waals surface area contributed by atoms with E-state index in [0.717, 1.165) is 11.4 Å². The first kappa shape index (κ1) is 17.6. The van der Waals surface area contributed by atoms with Crippen LogP contribution in [0.1, 0.15) is 22.5 Å². The van der Waals surface area contributed by atoms with Gasteiger partial charge in [-0.1, -0.05) is 24.3 Å². The molecule has 0 radical (unpaired) electrons. The number of esters is 1. The summed E-state index contributed by atoms with van der Waals surface area (Å²) in [4.78, 5) is 37.0. The van der Waals surface area contributed by atoms with Crippen molar-refractivity contribution in [3.63, 3.8) is 0 Å². The maximum atomic E-state index is 12.6. The number of methoxy groups -OCH3 is 1. The molecule has 2 aromatic rings. The van der Waals surface area contributed by atoms with Crippen LogP contribution >= 0.6 is 0 Å². The van der Waals surface area contributed by atoms with Crippen molar-refractivity contribution in [3.8, 4) is 11.3 Å². The summed E-state index contributed by atoms with van der Waals surface area (Å²) in [5, 5.41) is 5.10. The molecule has 29 heavy (non-hydrogen) atoms. The Balaban J connectivity index is 1.35. The summed E-state index contributed by atoms with van der Waals surface area (Å²) >= 11 is 0. The maximum absolute atomic E-state index is 12.6. The Kier molecular flexibility index (Phi) is 3.97. The van der Waals surface area contributed by atoms with Crippen molar-refractivity contribution in [2.75, 3.05) is 7.11 Å². The molecule has 7 heteroatoms. The highest BCUT2D eigenvalue weighted by molar-refractivity contribution is 6.06. The number of hydrogen-bond acceptors (Lipinski definition) is 6. The number of carbonyl (C=O) groups excluding carboxylic acids is 3. The maximum Gasteiger partial charge on any atom is 0.337 e. The van der Waals surface area contributed by atoms with Crippen molar-refractivity contribution < 1.29 is 23.5 Å². The summed E-state index contributed by atoms with van der Waals surface area (Å²) in [5.74, 6) is -0.196. The number of allylic oxidation sites excluding steroid dienone is 2. The lowest BCUT2D eigenvalue weighted by atomic mass is 9.85. The largest absolute Gasteiger partial charge is 0.465 e. The number of rotatable bonds is 4.